The lowest BCUT2D eigenvalue weighted by Crippen LogP contribution is -2.39. The van der Waals surface area contributed by atoms with Gasteiger partial charge >= 0.3 is 0 Å². The van der Waals surface area contributed by atoms with Gasteiger partial charge in [-0.1, -0.05) is 19.3 Å². The first-order chi connectivity index (χ1) is 9.54. The summed E-state index contributed by atoms with van der Waals surface area (Å²) in [6.07, 6.45) is 10.1. The van der Waals surface area contributed by atoms with Gasteiger partial charge in [0, 0.05) is 25.2 Å². The number of aromatic nitrogens is 2. The predicted octanol–water partition coefficient (Wildman–Crippen LogP) is 1.90. The largest absolute Gasteiger partial charge is 0.349 e. The van der Waals surface area contributed by atoms with Crippen molar-refractivity contribution in [3.05, 3.63) is 18.0 Å². The first-order valence-corrected chi connectivity index (χ1v) is 7.53. The Hall–Kier alpha value is -1.36. The Morgan fingerprint density at radius 3 is 2.75 bits per heavy atom. The molecule has 112 valence electrons. The van der Waals surface area contributed by atoms with Gasteiger partial charge in [-0.15, -0.1) is 0 Å². The van der Waals surface area contributed by atoms with Crippen molar-refractivity contribution in [2.24, 2.45) is 18.2 Å². The van der Waals surface area contributed by atoms with E-state index < -0.39 is 0 Å². The molecule has 1 amide bonds. The van der Waals surface area contributed by atoms with Gasteiger partial charge in [-0.3, -0.25) is 9.48 Å². The van der Waals surface area contributed by atoms with Gasteiger partial charge in [0.2, 0.25) is 5.91 Å². The van der Waals surface area contributed by atoms with Crippen LogP contribution in [0.3, 0.4) is 0 Å². The van der Waals surface area contributed by atoms with Crippen LogP contribution in [-0.2, 0) is 11.8 Å². The number of carbonyl (C=O) groups is 1. The van der Waals surface area contributed by atoms with Crippen LogP contribution in [0, 0.1) is 5.41 Å². The van der Waals surface area contributed by atoms with Crippen molar-refractivity contribution in [3.8, 4) is 0 Å². The molecule has 1 aliphatic carbocycles. The highest BCUT2D eigenvalue weighted by Gasteiger charge is 2.33. The molecule has 1 unspecified atom stereocenters. The van der Waals surface area contributed by atoms with Gasteiger partial charge in [-0.05, 0) is 31.7 Å². The smallest absolute Gasteiger partial charge is 0.221 e. The molecule has 1 atom stereocenters. The second-order valence-electron chi connectivity index (χ2n) is 6.18. The van der Waals surface area contributed by atoms with E-state index in [9.17, 15) is 4.79 Å². The summed E-state index contributed by atoms with van der Waals surface area (Å²) in [5.74, 6) is 0.105. The minimum absolute atomic E-state index is 0.00499. The standard InChI is InChI=1S/C15H26N4O/c1-12(13-9-17-19(2)10-13)18-14(20)8-15(11-16)6-4-3-5-7-15/h9-10,12H,3-8,11,16H2,1-2H3,(H,18,20). The van der Waals surface area contributed by atoms with Crippen LogP contribution in [-0.4, -0.2) is 22.2 Å². The molecule has 0 aromatic carbocycles. The zero-order chi connectivity index (χ0) is 14.6. The Labute approximate surface area is 120 Å². The summed E-state index contributed by atoms with van der Waals surface area (Å²) in [6, 6.07) is -0.00499. The summed E-state index contributed by atoms with van der Waals surface area (Å²) in [5.41, 5.74) is 7.00. The van der Waals surface area contributed by atoms with E-state index in [1.165, 1.54) is 19.3 Å². The quantitative estimate of drug-likeness (QED) is 0.864. The summed E-state index contributed by atoms with van der Waals surface area (Å²) in [7, 11) is 1.88. The van der Waals surface area contributed by atoms with E-state index >= 15 is 0 Å². The third-order valence-electron chi connectivity index (χ3n) is 4.49. The zero-order valence-corrected chi connectivity index (χ0v) is 12.6. The lowest BCUT2D eigenvalue weighted by Gasteiger charge is -2.35. The molecule has 5 heteroatoms. The second kappa shape index (κ2) is 6.39. The van der Waals surface area contributed by atoms with Crippen LogP contribution in [0.5, 0.6) is 0 Å². The van der Waals surface area contributed by atoms with Crippen molar-refractivity contribution in [1.29, 1.82) is 0 Å². The van der Waals surface area contributed by atoms with Crippen LogP contribution >= 0.6 is 0 Å². The average molecular weight is 278 g/mol. The van der Waals surface area contributed by atoms with Gasteiger partial charge in [0.15, 0.2) is 0 Å². The minimum Gasteiger partial charge on any atom is -0.349 e. The Kier molecular flexibility index (Phi) is 4.81. The molecule has 2 rings (SSSR count). The first kappa shape index (κ1) is 15.0. The monoisotopic (exact) mass is 278 g/mol. The zero-order valence-electron chi connectivity index (χ0n) is 12.6. The number of nitrogens with zero attached hydrogens (tertiary/aromatic N) is 2. The molecular weight excluding hydrogens is 252 g/mol. The fourth-order valence-corrected chi connectivity index (χ4v) is 3.14. The fraction of sp³-hybridized carbons (Fsp3) is 0.733. The van der Waals surface area contributed by atoms with Gasteiger partial charge < -0.3 is 11.1 Å². The Morgan fingerprint density at radius 2 is 2.20 bits per heavy atom. The molecule has 0 spiro atoms. The van der Waals surface area contributed by atoms with Gasteiger partial charge in [0.1, 0.15) is 0 Å². The van der Waals surface area contributed by atoms with Crippen molar-refractivity contribution in [2.75, 3.05) is 6.54 Å². The highest BCUT2D eigenvalue weighted by atomic mass is 16.1. The maximum atomic E-state index is 12.3. The lowest BCUT2D eigenvalue weighted by molar-refractivity contribution is -0.124. The number of carbonyl (C=O) groups excluding carboxylic acids is 1. The van der Waals surface area contributed by atoms with Crippen molar-refractivity contribution < 1.29 is 4.79 Å². The summed E-state index contributed by atoms with van der Waals surface area (Å²) in [6.45, 7) is 2.60. The second-order valence-corrected chi connectivity index (χ2v) is 6.18. The fourth-order valence-electron chi connectivity index (χ4n) is 3.14. The van der Waals surface area contributed by atoms with Crippen LogP contribution < -0.4 is 11.1 Å². The highest BCUT2D eigenvalue weighted by Crippen LogP contribution is 2.38. The molecule has 0 bridgehead atoms. The molecular formula is C15H26N4O. The number of hydrogen-bond donors (Lipinski definition) is 2. The highest BCUT2D eigenvalue weighted by molar-refractivity contribution is 5.77. The summed E-state index contributed by atoms with van der Waals surface area (Å²) >= 11 is 0. The van der Waals surface area contributed by atoms with Crippen LogP contribution in [0.1, 0.15) is 57.1 Å². The molecule has 1 heterocycles. The van der Waals surface area contributed by atoms with Crippen LogP contribution in [0.4, 0.5) is 0 Å². The SMILES string of the molecule is CC(NC(=O)CC1(CN)CCCCC1)c1cnn(C)c1. The van der Waals surface area contributed by atoms with E-state index in [1.807, 2.05) is 20.2 Å². The van der Waals surface area contributed by atoms with E-state index in [0.29, 0.717) is 13.0 Å². The number of amides is 1. The van der Waals surface area contributed by atoms with E-state index in [-0.39, 0.29) is 17.4 Å². The van der Waals surface area contributed by atoms with Crippen molar-refractivity contribution in [2.45, 2.75) is 51.5 Å². The number of nitrogens with two attached hydrogens (primary N) is 1. The number of hydrogen-bond acceptors (Lipinski definition) is 3. The molecule has 5 nitrogen and oxygen atoms in total. The van der Waals surface area contributed by atoms with Crippen LogP contribution in [0.2, 0.25) is 0 Å². The number of rotatable bonds is 5. The molecule has 1 fully saturated rings. The molecule has 3 N–H and O–H groups in total. The van der Waals surface area contributed by atoms with E-state index in [0.717, 1.165) is 18.4 Å². The topological polar surface area (TPSA) is 72.9 Å². The summed E-state index contributed by atoms with van der Waals surface area (Å²) in [5, 5.41) is 7.20. The first-order valence-electron chi connectivity index (χ1n) is 7.53. The molecule has 1 aromatic heterocycles. The Balaban J connectivity index is 1.91. The van der Waals surface area contributed by atoms with Crippen LogP contribution in [0.15, 0.2) is 12.4 Å². The number of aryl methyl sites for hydroxylation is 1. The Bertz CT molecular complexity index is 448. The van der Waals surface area contributed by atoms with Gasteiger partial charge in [0.25, 0.3) is 0 Å². The molecule has 0 aliphatic heterocycles. The van der Waals surface area contributed by atoms with Crippen LogP contribution in [0.25, 0.3) is 0 Å². The lowest BCUT2D eigenvalue weighted by atomic mass is 9.71. The average Bonchev–Trinajstić information content (AvgIpc) is 2.86. The van der Waals surface area contributed by atoms with E-state index in [4.69, 9.17) is 5.73 Å². The van der Waals surface area contributed by atoms with Crippen molar-refractivity contribution >= 4 is 5.91 Å². The molecule has 1 saturated carbocycles. The molecule has 20 heavy (non-hydrogen) atoms. The molecule has 1 aromatic rings. The normalized spacial score (nSPS) is 19.6. The maximum absolute atomic E-state index is 12.3. The van der Waals surface area contributed by atoms with Gasteiger partial charge in [-0.25, -0.2) is 0 Å². The molecule has 1 aliphatic rings. The van der Waals surface area contributed by atoms with Crippen molar-refractivity contribution in [3.63, 3.8) is 0 Å². The van der Waals surface area contributed by atoms with E-state index in [1.54, 1.807) is 10.9 Å². The minimum atomic E-state index is -0.00499. The predicted molar refractivity (Wildman–Crippen MR) is 79.0 cm³/mol. The van der Waals surface area contributed by atoms with E-state index in [2.05, 4.69) is 10.4 Å². The Morgan fingerprint density at radius 1 is 1.50 bits per heavy atom. The third-order valence-corrected chi connectivity index (χ3v) is 4.49. The van der Waals surface area contributed by atoms with Crippen molar-refractivity contribution in [1.82, 2.24) is 15.1 Å². The number of nitrogens with one attached hydrogen (secondary N) is 1. The maximum Gasteiger partial charge on any atom is 0.221 e. The molecule has 0 saturated heterocycles. The summed E-state index contributed by atoms with van der Waals surface area (Å²) in [4.78, 5) is 12.3. The summed E-state index contributed by atoms with van der Waals surface area (Å²) < 4.78 is 1.75. The third kappa shape index (κ3) is 3.60. The molecule has 0 radical (unpaired) electrons. The van der Waals surface area contributed by atoms with Gasteiger partial charge in [0.05, 0.1) is 12.2 Å². The van der Waals surface area contributed by atoms with Gasteiger partial charge in [-0.2, -0.15) is 5.10 Å².